The van der Waals surface area contributed by atoms with Crippen molar-refractivity contribution < 1.29 is 4.74 Å². The van der Waals surface area contributed by atoms with Crippen molar-refractivity contribution in [3.05, 3.63) is 34.9 Å². The van der Waals surface area contributed by atoms with E-state index in [9.17, 15) is 0 Å². The van der Waals surface area contributed by atoms with Gasteiger partial charge in [0.2, 0.25) is 0 Å². The van der Waals surface area contributed by atoms with Gasteiger partial charge in [-0.1, -0.05) is 25.1 Å². The molecule has 19 heavy (non-hydrogen) atoms. The fraction of sp³-hybridized carbons (Fsp3) is 0.625. The summed E-state index contributed by atoms with van der Waals surface area (Å²) in [4.78, 5) is 2.43. The van der Waals surface area contributed by atoms with E-state index in [0.29, 0.717) is 6.10 Å². The number of ether oxygens (including phenoxy) is 1. The average molecular weight is 262 g/mol. The van der Waals surface area contributed by atoms with E-state index in [0.717, 1.165) is 32.7 Å². The molecular formula is C16H26N2O. The zero-order chi connectivity index (χ0) is 13.8. The number of nitrogens with two attached hydrogens (primary N) is 1. The summed E-state index contributed by atoms with van der Waals surface area (Å²) in [7, 11) is 0. The molecule has 1 saturated heterocycles. The monoisotopic (exact) mass is 262 g/mol. The lowest BCUT2D eigenvalue weighted by Gasteiger charge is -2.34. The Morgan fingerprint density at radius 3 is 2.84 bits per heavy atom. The van der Waals surface area contributed by atoms with E-state index in [2.05, 4.69) is 43.9 Å². The average Bonchev–Trinajstić information content (AvgIpc) is 2.42. The van der Waals surface area contributed by atoms with Gasteiger partial charge in [-0.25, -0.2) is 0 Å². The molecule has 0 aliphatic carbocycles. The maximum absolute atomic E-state index is 6.35. The van der Waals surface area contributed by atoms with E-state index < -0.39 is 0 Å². The molecule has 0 amide bonds. The van der Waals surface area contributed by atoms with Gasteiger partial charge >= 0.3 is 0 Å². The van der Waals surface area contributed by atoms with Crippen molar-refractivity contribution in [2.75, 3.05) is 26.2 Å². The smallest absolute Gasteiger partial charge is 0.0700 e. The highest BCUT2D eigenvalue weighted by Gasteiger charge is 2.21. The second-order valence-electron chi connectivity index (χ2n) is 5.61. The summed E-state index contributed by atoms with van der Waals surface area (Å²) in [6.07, 6.45) is 1.45. The summed E-state index contributed by atoms with van der Waals surface area (Å²) in [6, 6.07) is 6.64. The predicted molar refractivity (Wildman–Crippen MR) is 79.3 cm³/mol. The van der Waals surface area contributed by atoms with Gasteiger partial charge in [-0.05, 0) is 37.0 Å². The van der Waals surface area contributed by atoms with Gasteiger partial charge in [0.25, 0.3) is 0 Å². The first-order valence-corrected chi connectivity index (χ1v) is 7.26. The van der Waals surface area contributed by atoms with E-state index >= 15 is 0 Å². The first kappa shape index (κ1) is 14.5. The number of hydrogen-bond acceptors (Lipinski definition) is 3. The van der Waals surface area contributed by atoms with E-state index in [1.165, 1.54) is 16.7 Å². The molecule has 1 aliphatic rings. The van der Waals surface area contributed by atoms with E-state index in [1.54, 1.807) is 0 Å². The molecule has 1 heterocycles. The van der Waals surface area contributed by atoms with Gasteiger partial charge in [0.15, 0.2) is 0 Å². The maximum atomic E-state index is 6.35. The van der Waals surface area contributed by atoms with Gasteiger partial charge < -0.3 is 10.5 Å². The van der Waals surface area contributed by atoms with Crippen molar-refractivity contribution in [2.45, 2.75) is 39.3 Å². The highest BCUT2D eigenvalue weighted by molar-refractivity contribution is 5.31. The lowest BCUT2D eigenvalue weighted by atomic mass is 10.0. The molecular weight excluding hydrogens is 236 g/mol. The molecule has 1 aromatic carbocycles. The molecule has 2 atom stereocenters. The normalized spacial score (nSPS) is 22.4. The summed E-state index contributed by atoms with van der Waals surface area (Å²) >= 11 is 0. The molecule has 0 saturated carbocycles. The van der Waals surface area contributed by atoms with Gasteiger partial charge in [-0.2, -0.15) is 0 Å². The summed E-state index contributed by atoms with van der Waals surface area (Å²) in [5.41, 5.74) is 10.2. The molecule has 1 aromatic rings. The first-order valence-electron chi connectivity index (χ1n) is 7.26. The molecule has 2 rings (SSSR count). The second kappa shape index (κ2) is 6.51. The highest BCUT2D eigenvalue weighted by Crippen LogP contribution is 2.18. The molecule has 106 valence electrons. The fourth-order valence-corrected chi connectivity index (χ4v) is 2.57. The first-order chi connectivity index (χ1) is 9.10. The Bertz CT molecular complexity index is 419. The number of benzene rings is 1. The molecule has 2 N–H and O–H groups in total. The quantitative estimate of drug-likeness (QED) is 0.905. The molecule has 2 unspecified atom stereocenters. The summed E-state index contributed by atoms with van der Waals surface area (Å²) < 4.78 is 5.70. The number of nitrogens with zero attached hydrogens (tertiary/aromatic N) is 1. The van der Waals surface area contributed by atoms with Crippen molar-refractivity contribution in [2.24, 2.45) is 5.73 Å². The lowest BCUT2D eigenvalue weighted by molar-refractivity contribution is -0.0312. The van der Waals surface area contributed by atoms with Gasteiger partial charge in [0, 0.05) is 25.7 Å². The minimum atomic E-state index is 0.0925. The second-order valence-corrected chi connectivity index (χ2v) is 5.61. The number of hydrogen-bond donors (Lipinski definition) is 1. The Balaban J connectivity index is 1.96. The fourth-order valence-electron chi connectivity index (χ4n) is 2.57. The third kappa shape index (κ3) is 3.78. The minimum absolute atomic E-state index is 0.0925. The van der Waals surface area contributed by atoms with Crippen LogP contribution in [0, 0.1) is 13.8 Å². The van der Waals surface area contributed by atoms with Crippen molar-refractivity contribution in [1.29, 1.82) is 0 Å². The van der Waals surface area contributed by atoms with Crippen LogP contribution >= 0.6 is 0 Å². The Morgan fingerprint density at radius 2 is 2.16 bits per heavy atom. The zero-order valence-electron chi connectivity index (χ0n) is 12.4. The predicted octanol–water partition coefficient (Wildman–Crippen LogP) is 2.41. The standard InChI is InChI=1S/C16H26N2O/c1-4-15-10-18(7-8-19-15)11-16(17)14-6-5-12(2)13(3)9-14/h5-6,9,15-16H,4,7-8,10-11,17H2,1-3H3. The van der Waals surface area contributed by atoms with Crippen molar-refractivity contribution in [3.63, 3.8) is 0 Å². The third-order valence-electron chi connectivity index (χ3n) is 4.09. The number of rotatable bonds is 4. The third-order valence-corrected chi connectivity index (χ3v) is 4.09. The van der Waals surface area contributed by atoms with Crippen LogP contribution in [0.3, 0.4) is 0 Å². The van der Waals surface area contributed by atoms with E-state index in [4.69, 9.17) is 10.5 Å². The molecule has 1 aliphatic heterocycles. The minimum Gasteiger partial charge on any atom is -0.376 e. The van der Waals surface area contributed by atoms with Crippen LogP contribution in [0.15, 0.2) is 18.2 Å². The molecule has 3 nitrogen and oxygen atoms in total. The van der Waals surface area contributed by atoms with E-state index in [1.807, 2.05) is 0 Å². The Kier molecular flexibility index (Phi) is 4.97. The van der Waals surface area contributed by atoms with Crippen LogP contribution in [0.1, 0.15) is 36.1 Å². The number of morpholine rings is 1. The summed E-state index contributed by atoms with van der Waals surface area (Å²) in [5, 5.41) is 0. The SMILES string of the molecule is CCC1CN(CC(N)c2ccc(C)c(C)c2)CCO1. The van der Waals surface area contributed by atoms with Crippen molar-refractivity contribution >= 4 is 0 Å². The zero-order valence-corrected chi connectivity index (χ0v) is 12.4. The largest absolute Gasteiger partial charge is 0.376 e. The summed E-state index contributed by atoms with van der Waals surface area (Å²) in [5.74, 6) is 0. The number of aryl methyl sites for hydroxylation is 2. The van der Waals surface area contributed by atoms with Crippen LogP contribution in [0.4, 0.5) is 0 Å². The van der Waals surface area contributed by atoms with Crippen LogP contribution < -0.4 is 5.73 Å². The van der Waals surface area contributed by atoms with Crippen LogP contribution in [0.5, 0.6) is 0 Å². The summed E-state index contributed by atoms with van der Waals surface area (Å²) in [6.45, 7) is 10.2. The Morgan fingerprint density at radius 1 is 1.37 bits per heavy atom. The Hall–Kier alpha value is -0.900. The molecule has 0 bridgehead atoms. The highest BCUT2D eigenvalue weighted by atomic mass is 16.5. The molecule has 0 radical (unpaired) electrons. The van der Waals surface area contributed by atoms with Crippen molar-refractivity contribution in [3.8, 4) is 0 Å². The van der Waals surface area contributed by atoms with Gasteiger partial charge in [0.1, 0.15) is 0 Å². The Labute approximate surface area is 116 Å². The van der Waals surface area contributed by atoms with Crippen molar-refractivity contribution in [1.82, 2.24) is 4.90 Å². The van der Waals surface area contributed by atoms with Gasteiger partial charge in [-0.15, -0.1) is 0 Å². The van der Waals surface area contributed by atoms with Gasteiger partial charge in [0.05, 0.1) is 12.7 Å². The van der Waals surface area contributed by atoms with E-state index in [-0.39, 0.29) is 6.04 Å². The molecule has 1 fully saturated rings. The van der Waals surface area contributed by atoms with Crippen LogP contribution in [-0.4, -0.2) is 37.2 Å². The van der Waals surface area contributed by atoms with Crippen LogP contribution in [0.2, 0.25) is 0 Å². The molecule has 0 spiro atoms. The lowest BCUT2D eigenvalue weighted by Crippen LogP contribution is -2.44. The van der Waals surface area contributed by atoms with Crippen LogP contribution in [0.25, 0.3) is 0 Å². The molecule has 3 heteroatoms. The van der Waals surface area contributed by atoms with Crippen LogP contribution in [-0.2, 0) is 4.74 Å². The maximum Gasteiger partial charge on any atom is 0.0700 e. The molecule has 0 aromatic heterocycles. The topological polar surface area (TPSA) is 38.5 Å². The van der Waals surface area contributed by atoms with Gasteiger partial charge in [-0.3, -0.25) is 4.90 Å².